The first kappa shape index (κ1) is 16.6. The Morgan fingerprint density at radius 3 is 2.32 bits per heavy atom. The van der Waals surface area contributed by atoms with Crippen molar-refractivity contribution in [3.63, 3.8) is 0 Å². The number of fused-ring (bicyclic) bond motifs is 1. The lowest BCUT2D eigenvalue weighted by Crippen LogP contribution is -2.52. The molecule has 1 aliphatic heterocycles. The van der Waals surface area contributed by atoms with Crippen LogP contribution in [0.3, 0.4) is 0 Å². The summed E-state index contributed by atoms with van der Waals surface area (Å²) in [6.45, 7) is 2.76. The van der Waals surface area contributed by atoms with Crippen LogP contribution in [0.5, 0.6) is 0 Å². The maximum atomic E-state index is 12.6. The number of amides is 2. The van der Waals surface area contributed by atoms with Gasteiger partial charge >= 0.3 is 0 Å². The number of benzene rings is 1. The average Bonchev–Trinajstić information content (AvgIpc) is 3.32. The molecule has 1 saturated heterocycles. The minimum absolute atomic E-state index is 0.200. The van der Waals surface area contributed by atoms with Crippen molar-refractivity contribution in [2.75, 3.05) is 26.2 Å². The van der Waals surface area contributed by atoms with Gasteiger partial charge in [0, 0.05) is 32.1 Å². The van der Waals surface area contributed by atoms with E-state index in [1.807, 2.05) is 9.80 Å². The largest absolute Gasteiger partial charge is 0.339 e. The minimum atomic E-state index is 0.200. The lowest BCUT2D eigenvalue weighted by molar-refractivity contribution is -0.141. The van der Waals surface area contributed by atoms with Gasteiger partial charge in [-0.1, -0.05) is 31.0 Å². The molecular formula is C21H28N2O2. The van der Waals surface area contributed by atoms with E-state index in [0.717, 1.165) is 24.8 Å². The van der Waals surface area contributed by atoms with Crippen molar-refractivity contribution in [1.82, 2.24) is 9.80 Å². The van der Waals surface area contributed by atoms with Gasteiger partial charge in [-0.15, -0.1) is 0 Å². The van der Waals surface area contributed by atoms with Gasteiger partial charge in [0.25, 0.3) is 0 Å². The SMILES string of the molecule is O=C(Cc1ccc2c(c1)CCC2)N1CCN(C(=O)C2CCCC2)CC1. The average molecular weight is 340 g/mol. The van der Waals surface area contributed by atoms with Crippen LogP contribution in [-0.4, -0.2) is 47.8 Å². The first-order chi connectivity index (χ1) is 12.2. The Kier molecular flexibility index (Phi) is 4.78. The molecule has 4 rings (SSSR count). The van der Waals surface area contributed by atoms with E-state index in [1.54, 1.807) is 0 Å². The molecular weight excluding hydrogens is 312 g/mol. The molecule has 2 fully saturated rings. The van der Waals surface area contributed by atoms with E-state index >= 15 is 0 Å². The van der Waals surface area contributed by atoms with Gasteiger partial charge in [0.1, 0.15) is 0 Å². The summed E-state index contributed by atoms with van der Waals surface area (Å²) < 4.78 is 0. The molecule has 1 aromatic carbocycles. The van der Waals surface area contributed by atoms with E-state index < -0.39 is 0 Å². The minimum Gasteiger partial charge on any atom is -0.339 e. The molecule has 0 bridgehead atoms. The highest BCUT2D eigenvalue weighted by Gasteiger charge is 2.30. The van der Waals surface area contributed by atoms with Crippen molar-refractivity contribution >= 4 is 11.8 Å². The van der Waals surface area contributed by atoms with Crippen LogP contribution in [0.25, 0.3) is 0 Å². The highest BCUT2D eigenvalue weighted by atomic mass is 16.2. The van der Waals surface area contributed by atoms with E-state index in [2.05, 4.69) is 18.2 Å². The van der Waals surface area contributed by atoms with Gasteiger partial charge in [-0.2, -0.15) is 0 Å². The third-order valence-electron chi connectivity index (χ3n) is 6.17. The zero-order valence-corrected chi connectivity index (χ0v) is 15.0. The van der Waals surface area contributed by atoms with Gasteiger partial charge in [0.15, 0.2) is 0 Å². The van der Waals surface area contributed by atoms with Crippen LogP contribution in [0.2, 0.25) is 0 Å². The molecule has 0 atom stereocenters. The summed E-state index contributed by atoms with van der Waals surface area (Å²) in [5.74, 6) is 0.766. The first-order valence-corrected chi connectivity index (χ1v) is 9.88. The number of piperazine rings is 1. The predicted octanol–water partition coefficient (Wildman–Crippen LogP) is 2.58. The van der Waals surface area contributed by atoms with Crippen molar-refractivity contribution in [2.24, 2.45) is 5.92 Å². The number of aryl methyl sites for hydroxylation is 2. The zero-order chi connectivity index (χ0) is 17.2. The monoisotopic (exact) mass is 340 g/mol. The molecule has 134 valence electrons. The Bertz CT molecular complexity index is 656. The number of nitrogens with zero attached hydrogens (tertiary/aromatic N) is 2. The van der Waals surface area contributed by atoms with E-state index in [1.165, 1.54) is 36.8 Å². The second-order valence-corrected chi connectivity index (χ2v) is 7.82. The maximum absolute atomic E-state index is 12.6. The van der Waals surface area contributed by atoms with Crippen molar-refractivity contribution < 1.29 is 9.59 Å². The van der Waals surface area contributed by atoms with Crippen LogP contribution < -0.4 is 0 Å². The summed E-state index contributed by atoms with van der Waals surface area (Å²) in [5, 5.41) is 0. The topological polar surface area (TPSA) is 40.6 Å². The van der Waals surface area contributed by atoms with Gasteiger partial charge in [0.2, 0.25) is 11.8 Å². The molecule has 0 aromatic heterocycles. The van der Waals surface area contributed by atoms with Gasteiger partial charge in [0.05, 0.1) is 6.42 Å². The molecule has 1 heterocycles. The molecule has 2 aliphatic carbocycles. The second-order valence-electron chi connectivity index (χ2n) is 7.82. The van der Waals surface area contributed by atoms with Crippen LogP contribution in [0.4, 0.5) is 0 Å². The summed E-state index contributed by atoms with van der Waals surface area (Å²) in [6.07, 6.45) is 8.55. The molecule has 1 aromatic rings. The van der Waals surface area contributed by atoms with Crippen molar-refractivity contribution in [2.45, 2.75) is 51.4 Å². The van der Waals surface area contributed by atoms with Crippen LogP contribution in [-0.2, 0) is 28.9 Å². The molecule has 4 nitrogen and oxygen atoms in total. The summed E-state index contributed by atoms with van der Waals surface area (Å²) >= 11 is 0. The summed E-state index contributed by atoms with van der Waals surface area (Å²) in [6, 6.07) is 6.53. The Hall–Kier alpha value is -1.84. The third kappa shape index (κ3) is 3.58. The van der Waals surface area contributed by atoms with Gasteiger partial charge < -0.3 is 9.80 Å². The number of hydrogen-bond donors (Lipinski definition) is 0. The molecule has 0 N–H and O–H groups in total. The Morgan fingerprint density at radius 2 is 1.56 bits per heavy atom. The second kappa shape index (κ2) is 7.19. The maximum Gasteiger partial charge on any atom is 0.227 e. The van der Waals surface area contributed by atoms with Crippen LogP contribution in [0.1, 0.15) is 48.8 Å². The number of rotatable bonds is 3. The van der Waals surface area contributed by atoms with Gasteiger partial charge in [-0.3, -0.25) is 9.59 Å². The fourth-order valence-electron chi connectivity index (χ4n) is 4.63. The lowest BCUT2D eigenvalue weighted by atomic mass is 10.0. The van der Waals surface area contributed by atoms with Crippen LogP contribution in [0.15, 0.2) is 18.2 Å². The fourth-order valence-corrected chi connectivity index (χ4v) is 4.63. The molecule has 2 amide bonds. The van der Waals surface area contributed by atoms with E-state index in [-0.39, 0.29) is 11.8 Å². The van der Waals surface area contributed by atoms with Crippen molar-refractivity contribution in [3.8, 4) is 0 Å². The summed E-state index contributed by atoms with van der Waals surface area (Å²) in [7, 11) is 0. The zero-order valence-electron chi connectivity index (χ0n) is 15.0. The third-order valence-corrected chi connectivity index (χ3v) is 6.17. The van der Waals surface area contributed by atoms with Crippen molar-refractivity contribution in [3.05, 3.63) is 34.9 Å². The van der Waals surface area contributed by atoms with E-state index in [0.29, 0.717) is 38.5 Å². The number of hydrogen-bond acceptors (Lipinski definition) is 2. The van der Waals surface area contributed by atoms with Gasteiger partial charge in [-0.05, 0) is 48.8 Å². The summed E-state index contributed by atoms with van der Waals surface area (Å²) in [5.41, 5.74) is 4.02. The quantitative estimate of drug-likeness (QED) is 0.848. The van der Waals surface area contributed by atoms with Crippen LogP contribution >= 0.6 is 0 Å². The van der Waals surface area contributed by atoms with Crippen LogP contribution in [0, 0.1) is 5.92 Å². The molecule has 0 unspecified atom stereocenters. The Balaban J connectivity index is 1.30. The predicted molar refractivity (Wildman–Crippen MR) is 97.3 cm³/mol. The molecule has 0 radical (unpaired) electrons. The summed E-state index contributed by atoms with van der Waals surface area (Å²) in [4.78, 5) is 29.0. The first-order valence-electron chi connectivity index (χ1n) is 9.88. The highest BCUT2D eigenvalue weighted by Crippen LogP contribution is 2.27. The highest BCUT2D eigenvalue weighted by molar-refractivity contribution is 5.81. The Labute approximate surface area is 150 Å². The molecule has 3 aliphatic rings. The van der Waals surface area contributed by atoms with E-state index in [9.17, 15) is 9.59 Å². The van der Waals surface area contributed by atoms with Gasteiger partial charge in [-0.25, -0.2) is 0 Å². The number of carbonyl (C=O) groups is 2. The smallest absolute Gasteiger partial charge is 0.227 e. The Morgan fingerprint density at radius 1 is 0.880 bits per heavy atom. The normalized spacial score (nSPS) is 20.8. The lowest BCUT2D eigenvalue weighted by Gasteiger charge is -2.36. The standard InChI is InChI=1S/C21H28N2O2/c24-20(15-16-8-9-17-6-3-7-19(17)14-16)22-10-12-23(13-11-22)21(25)18-4-1-2-5-18/h8-9,14,18H,1-7,10-13,15H2. The molecule has 4 heteroatoms. The van der Waals surface area contributed by atoms with Crippen molar-refractivity contribution in [1.29, 1.82) is 0 Å². The van der Waals surface area contributed by atoms with E-state index in [4.69, 9.17) is 0 Å². The molecule has 1 saturated carbocycles. The molecule has 0 spiro atoms. The molecule has 25 heavy (non-hydrogen) atoms. The fraction of sp³-hybridized carbons (Fsp3) is 0.619. The number of carbonyl (C=O) groups excluding carboxylic acids is 2.